The fourth-order valence-electron chi connectivity index (χ4n) is 3.87. The van der Waals surface area contributed by atoms with E-state index in [9.17, 15) is 14.4 Å². The number of benzene rings is 1. The molecule has 0 fully saturated rings. The van der Waals surface area contributed by atoms with Gasteiger partial charge in [0.15, 0.2) is 31.9 Å². The molecule has 206 valence electrons. The van der Waals surface area contributed by atoms with Crippen LogP contribution in [0.4, 0.5) is 0 Å². The highest BCUT2D eigenvalue weighted by molar-refractivity contribution is 6.07. The Balaban J connectivity index is 2.60. The van der Waals surface area contributed by atoms with Crippen LogP contribution < -0.4 is 31.1 Å². The molecule has 0 saturated heterocycles. The summed E-state index contributed by atoms with van der Waals surface area (Å²) in [5, 5.41) is 13.3. The highest BCUT2D eigenvalue weighted by Crippen LogP contribution is 2.12. The second-order valence-corrected chi connectivity index (χ2v) is 9.45. The Kier molecular flexibility index (Phi) is 19.2. The van der Waals surface area contributed by atoms with Crippen molar-refractivity contribution in [2.24, 2.45) is 0 Å². The summed E-state index contributed by atoms with van der Waals surface area (Å²) in [6.07, 6.45) is 5.70. The third kappa shape index (κ3) is 15.8. The van der Waals surface area contributed by atoms with Gasteiger partial charge in [-0.2, -0.15) is 0 Å². The van der Waals surface area contributed by atoms with Gasteiger partial charge in [-0.3, -0.25) is 9.59 Å². The second kappa shape index (κ2) is 21.5. The van der Waals surface area contributed by atoms with E-state index in [0.717, 1.165) is 25.8 Å². The molecule has 1 aromatic carbocycles. The summed E-state index contributed by atoms with van der Waals surface area (Å²) in [6.45, 7) is 1.76. The summed E-state index contributed by atoms with van der Waals surface area (Å²) in [5.74, 6) is -0.764. The van der Waals surface area contributed by atoms with E-state index in [-0.39, 0.29) is 11.8 Å². The third-order valence-electron chi connectivity index (χ3n) is 6.13. The molecule has 0 aliphatic heterocycles. The van der Waals surface area contributed by atoms with E-state index in [2.05, 4.69) is 26.3 Å². The lowest BCUT2D eigenvalue weighted by Crippen LogP contribution is -2.50. The lowest BCUT2D eigenvalue weighted by atomic mass is 10.0. The monoisotopic (exact) mass is 532 g/mol. The maximum Gasteiger partial charge on any atom is 0.334 e. The Hall–Kier alpha value is -2.27. The zero-order chi connectivity index (χ0) is 28.9. The van der Waals surface area contributed by atoms with Gasteiger partial charge in [0.1, 0.15) is 11.8 Å². The number of esters is 1. The normalized spacial score (nSPS) is 13.4. The zero-order valence-corrected chi connectivity index (χ0v) is 23.0. The summed E-state index contributed by atoms with van der Waals surface area (Å²) >= 11 is 0. The molecular weight excluding hydrogens is 492 g/mol. The minimum absolute atomic E-state index is 0.186. The molecule has 0 aliphatic carbocycles. The van der Waals surface area contributed by atoms with Crippen LogP contribution in [0.3, 0.4) is 0 Å². The van der Waals surface area contributed by atoms with Crippen molar-refractivity contribution in [3.05, 3.63) is 30.3 Å². The van der Waals surface area contributed by atoms with Gasteiger partial charge in [-0.15, -0.1) is 0 Å². The van der Waals surface area contributed by atoms with E-state index in [4.69, 9.17) is 36.7 Å². The standard InChI is InChI=1S/C25H40B4N6O4/c1-35(29)18-10-7-14-20(33-27)23(36)30-16-8-5-15-22(25(38)39-19-11-3-2-4-12-19)32-24(37)21(34-28)13-6-9-17-31-26/h2-4,11-12,20-22,31,33-34H,5-10,13-18H2,1H3,(H,30,36)(H,32,37). The lowest BCUT2D eigenvalue weighted by molar-refractivity contribution is -0.140. The number of carbonyl (C=O) groups excluding carboxylic acids is 3. The molecule has 3 atom stereocenters. The van der Waals surface area contributed by atoms with Crippen LogP contribution in [0.5, 0.6) is 5.75 Å². The smallest absolute Gasteiger partial charge is 0.334 e. The lowest BCUT2D eigenvalue weighted by Gasteiger charge is -2.22. The zero-order valence-electron chi connectivity index (χ0n) is 23.0. The number of nitrogens with zero attached hydrogens (tertiary/aromatic N) is 1. The van der Waals surface area contributed by atoms with E-state index >= 15 is 0 Å². The van der Waals surface area contributed by atoms with Gasteiger partial charge in [0, 0.05) is 6.54 Å². The maximum atomic E-state index is 12.9. The van der Waals surface area contributed by atoms with E-state index < -0.39 is 24.1 Å². The van der Waals surface area contributed by atoms with Crippen molar-refractivity contribution in [3.8, 4) is 5.75 Å². The number of para-hydroxylation sites is 1. The SMILES string of the molecule is [B]NCCCCC(N[B])C(=O)NC(CCCCNC(=O)C(CCCCN([B])C)N[B])C(=O)Oc1ccccc1. The first kappa shape index (κ1) is 34.8. The van der Waals surface area contributed by atoms with Crippen molar-refractivity contribution >= 4 is 49.7 Å². The molecule has 5 N–H and O–H groups in total. The molecule has 10 nitrogen and oxygen atoms in total. The minimum Gasteiger partial charge on any atom is -0.425 e. The van der Waals surface area contributed by atoms with E-state index in [1.165, 1.54) is 0 Å². The largest absolute Gasteiger partial charge is 0.425 e. The van der Waals surface area contributed by atoms with Gasteiger partial charge >= 0.3 is 5.97 Å². The molecule has 1 aromatic rings. The predicted molar refractivity (Wildman–Crippen MR) is 156 cm³/mol. The highest BCUT2D eigenvalue weighted by atomic mass is 16.5. The number of nitrogens with one attached hydrogen (secondary N) is 5. The predicted octanol–water partition coefficient (Wildman–Crippen LogP) is -0.524. The summed E-state index contributed by atoms with van der Waals surface area (Å²) in [7, 11) is 23.8. The Morgan fingerprint density at radius 3 is 1.95 bits per heavy atom. The van der Waals surface area contributed by atoms with Gasteiger partial charge < -0.3 is 35.9 Å². The van der Waals surface area contributed by atoms with E-state index in [1.807, 2.05) is 6.07 Å². The number of rotatable bonds is 22. The van der Waals surface area contributed by atoms with Crippen LogP contribution in [0.15, 0.2) is 30.3 Å². The third-order valence-corrected chi connectivity index (χ3v) is 6.13. The van der Waals surface area contributed by atoms with E-state index in [0.29, 0.717) is 57.4 Å². The average Bonchev–Trinajstić information content (AvgIpc) is 2.92. The molecule has 14 heteroatoms. The van der Waals surface area contributed by atoms with Crippen molar-refractivity contribution in [2.75, 3.05) is 26.7 Å². The number of hydrogen-bond acceptors (Lipinski definition) is 8. The summed E-state index contributed by atoms with van der Waals surface area (Å²) < 4.78 is 5.48. The molecule has 2 amide bonds. The van der Waals surface area contributed by atoms with E-state index in [1.54, 1.807) is 36.1 Å². The summed E-state index contributed by atoms with van der Waals surface area (Å²) in [5.41, 5.74) is 0. The van der Waals surface area contributed by atoms with Crippen LogP contribution in [0.1, 0.15) is 57.8 Å². The number of ether oxygens (including phenoxy) is 1. The van der Waals surface area contributed by atoms with Crippen LogP contribution in [0.25, 0.3) is 0 Å². The fourth-order valence-corrected chi connectivity index (χ4v) is 3.87. The second-order valence-electron chi connectivity index (χ2n) is 9.45. The van der Waals surface area contributed by atoms with Gasteiger partial charge in [-0.05, 0) is 77.2 Å². The van der Waals surface area contributed by atoms with Crippen LogP contribution >= 0.6 is 0 Å². The number of amides is 2. The summed E-state index contributed by atoms with van der Waals surface area (Å²) in [4.78, 5) is 39.8. The van der Waals surface area contributed by atoms with Crippen LogP contribution in [-0.4, -0.2) is 99.3 Å². The quantitative estimate of drug-likeness (QED) is 0.0586. The Bertz CT molecular complexity index is 825. The molecule has 39 heavy (non-hydrogen) atoms. The Morgan fingerprint density at radius 1 is 0.795 bits per heavy atom. The molecule has 8 radical (unpaired) electrons. The van der Waals surface area contributed by atoms with Crippen molar-refractivity contribution in [2.45, 2.75) is 75.9 Å². The van der Waals surface area contributed by atoms with Gasteiger partial charge in [0.05, 0.1) is 12.1 Å². The molecule has 0 aromatic heterocycles. The van der Waals surface area contributed by atoms with Crippen molar-refractivity contribution in [3.63, 3.8) is 0 Å². The Labute approximate surface area is 238 Å². The van der Waals surface area contributed by atoms with Crippen molar-refractivity contribution < 1.29 is 19.1 Å². The number of unbranched alkanes of at least 4 members (excludes halogenated alkanes) is 3. The molecule has 1 rings (SSSR count). The first-order valence-corrected chi connectivity index (χ1v) is 13.5. The van der Waals surface area contributed by atoms with Gasteiger partial charge in [-0.1, -0.05) is 31.0 Å². The molecule has 0 bridgehead atoms. The number of carbonyl (C=O) groups is 3. The van der Waals surface area contributed by atoms with Crippen LogP contribution in [-0.2, 0) is 14.4 Å². The molecule has 0 heterocycles. The molecule has 0 saturated carbocycles. The van der Waals surface area contributed by atoms with Gasteiger partial charge in [-0.25, -0.2) is 4.79 Å². The van der Waals surface area contributed by atoms with Crippen LogP contribution in [0.2, 0.25) is 0 Å². The van der Waals surface area contributed by atoms with Gasteiger partial charge in [0.25, 0.3) is 0 Å². The number of hydrogen-bond donors (Lipinski definition) is 5. The van der Waals surface area contributed by atoms with Crippen LogP contribution in [0, 0.1) is 0 Å². The fraction of sp³-hybridized carbons (Fsp3) is 0.640. The van der Waals surface area contributed by atoms with Gasteiger partial charge in [0.2, 0.25) is 11.8 Å². The minimum atomic E-state index is -0.880. The highest BCUT2D eigenvalue weighted by Gasteiger charge is 2.26. The van der Waals surface area contributed by atoms with Crippen molar-refractivity contribution in [1.82, 2.24) is 31.1 Å². The Morgan fingerprint density at radius 2 is 1.36 bits per heavy atom. The summed E-state index contributed by atoms with van der Waals surface area (Å²) in [6, 6.07) is 6.60. The average molecular weight is 532 g/mol. The first-order chi connectivity index (χ1) is 18.8. The molecule has 0 aliphatic rings. The first-order valence-electron chi connectivity index (χ1n) is 13.5. The molecule has 0 spiro atoms. The molecule has 3 unspecified atom stereocenters. The maximum absolute atomic E-state index is 12.9. The topological polar surface area (TPSA) is 124 Å². The molecular formula is C25H40B4N6O4. The van der Waals surface area contributed by atoms with Crippen molar-refractivity contribution in [1.29, 1.82) is 0 Å².